The zero-order valence-corrected chi connectivity index (χ0v) is 11.3. The van der Waals surface area contributed by atoms with Crippen LogP contribution in [0.1, 0.15) is 31.2 Å². The number of hydrogen-bond donors (Lipinski definition) is 3. The number of rotatable bonds is 5. The summed E-state index contributed by atoms with van der Waals surface area (Å²) < 4.78 is 0. The Morgan fingerprint density at radius 3 is 2.85 bits per heavy atom. The number of nitro groups is 1. The number of aliphatic hydroxyl groups excluding tert-OH is 2. The number of nitro benzene ring substituents is 1. The molecule has 1 aromatic carbocycles. The van der Waals surface area contributed by atoms with Gasteiger partial charge in [0, 0.05) is 12.6 Å². The predicted molar refractivity (Wildman–Crippen MR) is 75.5 cm³/mol. The van der Waals surface area contributed by atoms with Crippen LogP contribution in [0.3, 0.4) is 0 Å². The normalized spacial score (nSPS) is 22.5. The average Bonchev–Trinajstić information content (AvgIpc) is 2.44. The standard InChI is InChI=1S/C14H20N2O4/c17-9-11-4-5-14(16(19)20)13(7-11)15-8-10-2-1-3-12(18)6-10/h4-5,7,10,12,15,17-18H,1-3,6,8-9H2. The zero-order chi connectivity index (χ0) is 14.5. The maximum atomic E-state index is 11.0. The van der Waals surface area contributed by atoms with Crippen molar-refractivity contribution in [1.29, 1.82) is 0 Å². The summed E-state index contributed by atoms with van der Waals surface area (Å²) in [5.74, 6) is 0.330. The highest BCUT2D eigenvalue weighted by Gasteiger charge is 2.21. The third-order valence-electron chi connectivity index (χ3n) is 3.78. The van der Waals surface area contributed by atoms with E-state index in [-0.39, 0.29) is 18.4 Å². The van der Waals surface area contributed by atoms with E-state index in [4.69, 9.17) is 5.11 Å². The molecule has 0 saturated heterocycles. The maximum absolute atomic E-state index is 11.0. The van der Waals surface area contributed by atoms with Crippen molar-refractivity contribution in [2.45, 2.75) is 38.4 Å². The van der Waals surface area contributed by atoms with Crippen LogP contribution in [0.2, 0.25) is 0 Å². The molecule has 2 rings (SSSR count). The smallest absolute Gasteiger partial charge is 0.292 e. The Labute approximate surface area is 117 Å². The lowest BCUT2D eigenvalue weighted by Gasteiger charge is -2.26. The summed E-state index contributed by atoms with van der Waals surface area (Å²) in [5, 5.41) is 32.8. The second-order valence-electron chi connectivity index (χ2n) is 5.33. The lowest BCUT2D eigenvalue weighted by Crippen LogP contribution is -2.25. The van der Waals surface area contributed by atoms with Crippen molar-refractivity contribution < 1.29 is 15.1 Å². The van der Waals surface area contributed by atoms with Crippen molar-refractivity contribution in [3.63, 3.8) is 0 Å². The van der Waals surface area contributed by atoms with E-state index in [2.05, 4.69) is 5.32 Å². The molecular formula is C14H20N2O4. The summed E-state index contributed by atoms with van der Waals surface area (Å²) in [4.78, 5) is 10.6. The van der Waals surface area contributed by atoms with Gasteiger partial charge in [-0.05, 0) is 42.9 Å². The zero-order valence-electron chi connectivity index (χ0n) is 11.3. The van der Waals surface area contributed by atoms with Crippen LogP contribution >= 0.6 is 0 Å². The van der Waals surface area contributed by atoms with Crippen molar-refractivity contribution in [2.24, 2.45) is 5.92 Å². The highest BCUT2D eigenvalue weighted by atomic mass is 16.6. The molecule has 20 heavy (non-hydrogen) atoms. The minimum absolute atomic E-state index is 0.0126. The molecule has 6 heteroatoms. The monoisotopic (exact) mass is 280 g/mol. The largest absolute Gasteiger partial charge is 0.393 e. The molecular weight excluding hydrogens is 260 g/mol. The number of anilines is 1. The number of benzene rings is 1. The van der Waals surface area contributed by atoms with Crippen LogP contribution in [-0.4, -0.2) is 27.8 Å². The molecule has 2 unspecified atom stereocenters. The second kappa shape index (κ2) is 6.67. The maximum Gasteiger partial charge on any atom is 0.292 e. The van der Waals surface area contributed by atoms with Crippen LogP contribution in [0, 0.1) is 16.0 Å². The van der Waals surface area contributed by atoms with Crippen molar-refractivity contribution in [3.8, 4) is 0 Å². The Kier molecular flexibility index (Phi) is 4.92. The summed E-state index contributed by atoms with van der Waals surface area (Å²) in [6.45, 7) is 0.460. The van der Waals surface area contributed by atoms with E-state index in [1.807, 2.05) is 0 Å². The molecule has 0 spiro atoms. The molecule has 1 fully saturated rings. The lowest BCUT2D eigenvalue weighted by atomic mass is 9.87. The van der Waals surface area contributed by atoms with Crippen LogP contribution < -0.4 is 5.32 Å². The Hall–Kier alpha value is -1.66. The van der Waals surface area contributed by atoms with E-state index in [9.17, 15) is 15.2 Å². The molecule has 3 N–H and O–H groups in total. The van der Waals surface area contributed by atoms with Gasteiger partial charge < -0.3 is 15.5 Å². The van der Waals surface area contributed by atoms with Gasteiger partial charge in [-0.15, -0.1) is 0 Å². The van der Waals surface area contributed by atoms with Gasteiger partial charge in [-0.3, -0.25) is 10.1 Å². The fourth-order valence-corrected chi connectivity index (χ4v) is 2.68. The molecule has 1 saturated carbocycles. The second-order valence-corrected chi connectivity index (χ2v) is 5.33. The molecule has 110 valence electrons. The number of nitrogens with zero attached hydrogens (tertiary/aromatic N) is 1. The fraction of sp³-hybridized carbons (Fsp3) is 0.571. The van der Waals surface area contributed by atoms with E-state index in [0.717, 1.165) is 25.7 Å². The summed E-state index contributed by atoms with van der Waals surface area (Å²) >= 11 is 0. The van der Waals surface area contributed by atoms with Crippen molar-refractivity contribution in [2.75, 3.05) is 11.9 Å². The molecule has 0 aliphatic heterocycles. The summed E-state index contributed by atoms with van der Waals surface area (Å²) in [5.41, 5.74) is 1.09. The van der Waals surface area contributed by atoms with Crippen molar-refractivity contribution in [3.05, 3.63) is 33.9 Å². The fourth-order valence-electron chi connectivity index (χ4n) is 2.68. The molecule has 0 heterocycles. The van der Waals surface area contributed by atoms with E-state index < -0.39 is 4.92 Å². The van der Waals surface area contributed by atoms with Gasteiger partial charge in [0.05, 0.1) is 17.6 Å². The van der Waals surface area contributed by atoms with Gasteiger partial charge in [0.1, 0.15) is 5.69 Å². The van der Waals surface area contributed by atoms with Crippen LogP contribution in [0.5, 0.6) is 0 Å². The molecule has 0 radical (unpaired) electrons. The molecule has 6 nitrogen and oxygen atoms in total. The minimum Gasteiger partial charge on any atom is -0.393 e. The Morgan fingerprint density at radius 2 is 2.20 bits per heavy atom. The molecule has 2 atom stereocenters. The van der Waals surface area contributed by atoms with Gasteiger partial charge in [-0.1, -0.05) is 6.42 Å². The minimum atomic E-state index is -0.431. The number of hydrogen-bond acceptors (Lipinski definition) is 5. The molecule has 1 aromatic rings. The average molecular weight is 280 g/mol. The quantitative estimate of drug-likeness (QED) is 0.566. The van der Waals surface area contributed by atoms with Crippen molar-refractivity contribution in [1.82, 2.24) is 0 Å². The van der Waals surface area contributed by atoms with Gasteiger partial charge in [-0.2, -0.15) is 0 Å². The third kappa shape index (κ3) is 3.68. The summed E-state index contributed by atoms with van der Waals surface area (Å²) in [6.07, 6.45) is 3.34. The van der Waals surface area contributed by atoms with E-state index in [1.165, 1.54) is 6.07 Å². The molecule has 1 aliphatic rings. The lowest BCUT2D eigenvalue weighted by molar-refractivity contribution is -0.384. The van der Waals surface area contributed by atoms with E-state index >= 15 is 0 Å². The van der Waals surface area contributed by atoms with Gasteiger partial charge in [0.15, 0.2) is 0 Å². The van der Waals surface area contributed by atoms with Crippen LogP contribution in [0.15, 0.2) is 18.2 Å². The molecule has 0 amide bonds. The first kappa shape index (κ1) is 14.7. The first-order chi connectivity index (χ1) is 9.60. The Balaban J connectivity index is 2.05. The predicted octanol–water partition coefficient (Wildman–Crippen LogP) is 2.05. The van der Waals surface area contributed by atoms with Crippen LogP contribution in [-0.2, 0) is 6.61 Å². The van der Waals surface area contributed by atoms with Gasteiger partial charge in [0.25, 0.3) is 5.69 Å². The Bertz CT molecular complexity index is 478. The third-order valence-corrected chi connectivity index (χ3v) is 3.78. The topological polar surface area (TPSA) is 95.6 Å². The number of aliphatic hydroxyl groups is 2. The van der Waals surface area contributed by atoms with Crippen molar-refractivity contribution >= 4 is 11.4 Å². The number of nitrogens with one attached hydrogen (secondary N) is 1. The van der Waals surface area contributed by atoms with Gasteiger partial charge in [0.2, 0.25) is 0 Å². The van der Waals surface area contributed by atoms with E-state index in [0.29, 0.717) is 23.7 Å². The summed E-state index contributed by atoms with van der Waals surface area (Å²) in [6, 6.07) is 4.56. The van der Waals surface area contributed by atoms with Crippen LogP contribution in [0.4, 0.5) is 11.4 Å². The first-order valence-electron chi connectivity index (χ1n) is 6.90. The SMILES string of the molecule is O=[N+]([O-])c1ccc(CO)cc1NCC1CCCC(O)C1. The highest BCUT2D eigenvalue weighted by molar-refractivity contribution is 5.62. The van der Waals surface area contributed by atoms with Gasteiger partial charge in [-0.25, -0.2) is 0 Å². The van der Waals surface area contributed by atoms with E-state index in [1.54, 1.807) is 12.1 Å². The molecule has 0 bridgehead atoms. The highest BCUT2D eigenvalue weighted by Crippen LogP contribution is 2.28. The Morgan fingerprint density at radius 1 is 1.40 bits per heavy atom. The van der Waals surface area contributed by atoms with Gasteiger partial charge >= 0.3 is 0 Å². The first-order valence-corrected chi connectivity index (χ1v) is 6.90. The molecule has 0 aromatic heterocycles. The van der Waals surface area contributed by atoms with Crippen LogP contribution in [0.25, 0.3) is 0 Å². The summed E-state index contributed by atoms with van der Waals surface area (Å²) in [7, 11) is 0. The molecule has 1 aliphatic carbocycles.